The summed E-state index contributed by atoms with van der Waals surface area (Å²) in [4.78, 5) is 1.14. The van der Waals surface area contributed by atoms with Crippen molar-refractivity contribution >= 4 is 11.5 Å². The standard InChI is InChI=1S/C14H19N3OS/c1-3-9-15-14(13-10-16-17-19-13)11-5-7-12(8-6-11)18-4-2/h5-8,10,14-15H,3-4,9H2,1-2H3. The first-order valence-corrected chi connectivity index (χ1v) is 7.35. The molecule has 19 heavy (non-hydrogen) atoms. The van der Waals surface area contributed by atoms with Crippen LogP contribution in [0, 0.1) is 0 Å². The van der Waals surface area contributed by atoms with Crippen molar-refractivity contribution < 1.29 is 4.74 Å². The molecule has 1 aromatic heterocycles. The average molecular weight is 277 g/mol. The molecule has 1 heterocycles. The van der Waals surface area contributed by atoms with Crippen molar-refractivity contribution in [2.45, 2.75) is 26.3 Å². The first-order valence-electron chi connectivity index (χ1n) is 6.58. The molecule has 1 aromatic carbocycles. The van der Waals surface area contributed by atoms with Crippen molar-refractivity contribution in [2.75, 3.05) is 13.2 Å². The fourth-order valence-electron chi connectivity index (χ4n) is 1.90. The normalized spacial score (nSPS) is 12.3. The van der Waals surface area contributed by atoms with Crippen molar-refractivity contribution in [1.82, 2.24) is 14.9 Å². The second-order valence-electron chi connectivity index (χ2n) is 4.21. The molecule has 0 bridgehead atoms. The summed E-state index contributed by atoms with van der Waals surface area (Å²) in [5.41, 5.74) is 1.21. The summed E-state index contributed by atoms with van der Waals surface area (Å²) in [5.74, 6) is 0.905. The van der Waals surface area contributed by atoms with Crippen LogP contribution in [0.15, 0.2) is 30.5 Å². The molecule has 4 nitrogen and oxygen atoms in total. The third-order valence-corrected chi connectivity index (χ3v) is 3.51. The molecule has 0 radical (unpaired) electrons. The van der Waals surface area contributed by atoms with Crippen LogP contribution in [0.25, 0.3) is 0 Å². The van der Waals surface area contributed by atoms with Crippen molar-refractivity contribution in [3.63, 3.8) is 0 Å². The molecular weight excluding hydrogens is 258 g/mol. The van der Waals surface area contributed by atoms with E-state index >= 15 is 0 Å². The van der Waals surface area contributed by atoms with Gasteiger partial charge in [0.25, 0.3) is 0 Å². The minimum atomic E-state index is 0.163. The molecule has 2 aromatic rings. The van der Waals surface area contributed by atoms with Gasteiger partial charge in [0.15, 0.2) is 0 Å². The molecule has 0 aliphatic heterocycles. The Kier molecular flexibility index (Phi) is 5.30. The Balaban J connectivity index is 2.17. The lowest BCUT2D eigenvalue weighted by Crippen LogP contribution is -2.22. The Labute approximate surface area is 118 Å². The van der Waals surface area contributed by atoms with Gasteiger partial charge in [0.1, 0.15) is 5.75 Å². The molecule has 0 saturated heterocycles. The Bertz CT molecular complexity index is 470. The molecule has 0 spiro atoms. The molecule has 102 valence electrons. The lowest BCUT2D eigenvalue weighted by Gasteiger charge is -2.17. The van der Waals surface area contributed by atoms with E-state index in [1.165, 1.54) is 17.1 Å². The smallest absolute Gasteiger partial charge is 0.119 e. The van der Waals surface area contributed by atoms with E-state index < -0.39 is 0 Å². The number of hydrogen-bond acceptors (Lipinski definition) is 5. The minimum absolute atomic E-state index is 0.163. The van der Waals surface area contributed by atoms with Crippen molar-refractivity contribution in [2.24, 2.45) is 0 Å². The van der Waals surface area contributed by atoms with Crippen LogP contribution in [0.5, 0.6) is 5.75 Å². The third-order valence-electron chi connectivity index (χ3n) is 2.79. The number of rotatable bonds is 7. The van der Waals surface area contributed by atoms with Gasteiger partial charge in [0.05, 0.1) is 23.7 Å². The molecule has 1 N–H and O–H groups in total. The quantitative estimate of drug-likeness (QED) is 0.845. The van der Waals surface area contributed by atoms with Crippen molar-refractivity contribution in [3.05, 3.63) is 40.9 Å². The SMILES string of the molecule is CCCNC(c1ccc(OCC)cc1)c1cnns1. The Morgan fingerprint density at radius 1 is 1.26 bits per heavy atom. The van der Waals surface area contributed by atoms with Gasteiger partial charge in [-0.25, -0.2) is 0 Å². The number of aromatic nitrogens is 2. The van der Waals surface area contributed by atoms with Gasteiger partial charge in [-0.1, -0.05) is 23.5 Å². The van der Waals surface area contributed by atoms with E-state index in [1.54, 1.807) is 0 Å². The van der Waals surface area contributed by atoms with Crippen LogP contribution in [0.4, 0.5) is 0 Å². The summed E-state index contributed by atoms with van der Waals surface area (Å²) in [6, 6.07) is 8.37. The van der Waals surface area contributed by atoms with Gasteiger partial charge in [-0.3, -0.25) is 0 Å². The first kappa shape index (κ1) is 14.0. The maximum Gasteiger partial charge on any atom is 0.119 e. The van der Waals surface area contributed by atoms with Gasteiger partial charge in [-0.2, -0.15) is 0 Å². The van der Waals surface area contributed by atoms with E-state index in [4.69, 9.17) is 4.74 Å². The van der Waals surface area contributed by atoms with E-state index in [2.05, 4.69) is 34.0 Å². The maximum absolute atomic E-state index is 5.47. The Morgan fingerprint density at radius 3 is 2.63 bits per heavy atom. The van der Waals surface area contributed by atoms with E-state index in [0.717, 1.165) is 23.6 Å². The van der Waals surface area contributed by atoms with Gasteiger partial charge >= 0.3 is 0 Å². The minimum Gasteiger partial charge on any atom is -0.494 e. The summed E-state index contributed by atoms with van der Waals surface area (Å²) in [6.45, 7) is 5.81. The monoisotopic (exact) mass is 277 g/mol. The van der Waals surface area contributed by atoms with Crippen LogP contribution >= 0.6 is 11.5 Å². The number of benzene rings is 1. The van der Waals surface area contributed by atoms with Crippen LogP contribution in [0.3, 0.4) is 0 Å². The van der Waals surface area contributed by atoms with Crippen LogP contribution < -0.4 is 10.1 Å². The highest BCUT2D eigenvalue weighted by atomic mass is 32.1. The predicted molar refractivity (Wildman–Crippen MR) is 77.7 cm³/mol. The zero-order valence-corrected chi connectivity index (χ0v) is 12.1. The molecule has 0 fully saturated rings. The van der Waals surface area contributed by atoms with Crippen LogP contribution in [-0.2, 0) is 0 Å². The number of nitrogens with zero attached hydrogens (tertiary/aromatic N) is 2. The predicted octanol–water partition coefficient (Wildman–Crippen LogP) is 3.03. The number of ether oxygens (including phenoxy) is 1. The molecular formula is C14H19N3OS. The fourth-order valence-corrected chi connectivity index (χ4v) is 2.50. The summed E-state index contributed by atoms with van der Waals surface area (Å²) in [5, 5.41) is 7.46. The van der Waals surface area contributed by atoms with Crippen LogP contribution in [0.2, 0.25) is 0 Å². The molecule has 2 rings (SSSR count). The highest BCUT2D eigenvalue weighted by Crippen LogP contribution is 2.25. The molecule has 1 atom stereocenters. The fraction of sp³-hybridized carbons (Fsp3) is 0.429. The molecule has 0 saturated carbocycles. The summed E-state index contributed by atoms with van der Waals surface area (Å²) in [7, 11) is 0. The number of nitrogens with one attached hydrogen (secondary N) is 1. The van der Waals surface area contributed by atoms with Crippen LogP contribution in [-0.4, -0.2) is 22.7 Å². The summed E-state index contributed by atoms with van der Waals surface area (Å²) in [6.07, 6.45) is 2.92. The lowest BCUT2D eigenvalue weighted by molar-refractivity contribution is 0.340. The van der Waals surface area contributed by atoms with E-state index in [0.29, 0.717) is 6.61 Å². The second kappa shape index (κ2) is 7.21. The molecule has 1 unspecified atom stereocenters. The van der Waals surface area contributed by atoms with Gasteiger partial charge < -0.3 is 10.1 Å². The third kappa shape index (κ3) is 3.75. The van der Waals surface area contributed by atoms with Gasteiger partial charge in [0, 0.05) is 0 Å². The maximum atomic E-state index is 5.47. The second-order valence-corrected chi connectivity index (χ2v) is 5.03. The van der Waals surface area contributed by atoms with Gasteiger partial charge in [0.2, 0.25) is 0 Å². The average Bonchev–Trinajstić information content (AvgIpc) is 2.95. The van der Waals surface area contributed by atoms with Crippen molar-refractivity contribution in [3.8, 4) is 5.75 Å². The highest BCUT2D eigenvalue weighted by molar-refractivity contribution is 7.05. The van der Waals surface area contributed by atoms with E-state index in [-0.39, 0.29) is 6.04 Å². The zero-order chi connectivity index (χ0) is 13.5. The lowest BCUT2D eigenvalue weighted by atomic mass is 10.1. The van der Waals surface area contributed by atoms with Crippen LogP contribution in [0.1, 0.15) is 36.8 Å². The summed E-state index contributed by atoms with van der Waals surface area (Å²) < 4.78 is 9.42. The zero-order valence-electron chi connectivity index (χ0n) is 11.3. The molecule has 5 heteroatoms. The molecule has 0 aliphatic carbocycles. The van der Waals surface area contributed by atoms with Gasteiger partial charge in [-0.05, 0) is 49.1 Å². The van der Waals surface area contributed by atoms with Gasteiger partial charge in [-0.15, -0.1) is 5.10 Å². The Hall–Kier alpha value is -1.46. The molecule has 0 amide bonds. The molecule has 0 aliphatic rings. The number of hydrogen-bond donors (Lipinski definition) is 1. The van der Waals surface area contributed by atoms with Crippen molar-refractivity contribution in [1.29, 1.82) is 0 Å². The topological polar surface area (TPSA) is 47.0 Å². The van der Waals surface area contributed by atoms with E-state index in [9.17, 15) is 0 Å². The Morgan fingerprint density at radius 2 is 2.05 bits per heavy atom. The highest BCUT2D eigenvalue weighted by Gasteiger charge is 2.15. The largest absolute Gasteiger partial charge is 0.494 e. The first-order chi connectivity index (χ1) is 9.35. The summed E-state index contributed by atoms with van der Waals surface area (Å²) >= 11 is 1.44. The van der Waals surface area contributed by atoms with E-state index in [1.807, 2.05) is 25.3 Å².